The summed E-state index contributed by atoms with van der Waals surface area (Å²) in [5.41, 5.74) is 6.36. The molecule has 0 unspecified atom stereocenters. The van der Waals surface area contributed by atoms with E-state index in [1.54, 1.807) is 12.1 Å². The molecule has 3 nitrogen and oxygen atoms in total. The topological polar surface area (TPSA) is 29.9 Å². The summed E-state index contributed by atoms with van der Waals surface area (Å²) in [6.07, 6.45) is 2.19. The fraction of sp³-hybridized carbons (Fsp3) is 0.0870. The van der Waals surface area contributed by atoms with Gasteiger partial charge in [-0.05, 0) is 66.1 Å². The number of nitrogens with zero attached hydrogens (tertiary/aromatic N) is 2. The summed E-state index contributed by atoms with van der Waals surface area (Å²) in [5, 5.41) is 3.43. The molecule has 0 aliphatic carbocycles. The lowest BCUT2D eigenvalue weighted by atomic mass is 9.97. The van der Waals surface area contributed by atoms with Gasteiger partial charge in [0.1, 0.15) is 5.82 Å². The van der Waals surface area contributed by atoms with Gasteiger partial charge in [0.05, 0.1) is 17.1 Å². The van der Waals surface area contributed by atoms with Gasteiger partial charge in [0.25, 0.3) is 0 Å². The van der Waals surface area contributed by atoms with Gasteiger partial charge >= 0.3 is 0 Å². The number of hydrogen-bond donors (Lipinski definition) is 1. The van der Waals surface area contributed by atoms with Gasteiger partial charge in [-0.15, -0.1) is 0 Å². The molecule has 2 heterocycles. The predicted octanol–water partition coefficient (Wildman–Crippen LogP) is 5.54. The highest BCUT2D eigenvalue weighted by molar-refractivity contribution is 5.85. The van der Waals surface area contributed by atoms with Crippen molar-refractivity contribution in [2.24, 2.45) is 0 Å². The third kappa shape index (κ3) is 2.61. The Morgan fingerprint density at radius 2 is 1.67 bits per heavy atom. The Morgan fingerprint density at radius 3 is 2.48 bits per heavy atom. The molecule has 4 heteroatoms. The minimum Gasteiger partial charge on any atom is -0.325 e. The minimum atomic E-state index is -0.238. The summed E-state index contributed by atoms with van der Waals surface area (Å²) in [7, 11) is 0. The Bertz CT molecular complexity index is 1170. The van der Waals surface area contributed by atoms with Crippen LogP contribution in [0.5, 0.6) is 0 Å². The van der Waals surface area contributed by atoms with E-state index in [-0.39, 0.29) is 11.9 Å². The number of aromatic nitrogens is 2. The number of fused-ring (bicyclic) bond motifs is 3. The Hall–Kier alpha value is -3.40. The van der Waals surface area contributed by atoms with Crippen LogP contribution >= 0.6 is 0 Å². The molecule has 0 amide bonds. The monoisotopic (exact) mass is 355 g/mol. The molecule has 0 fully saturated rings. The average Bonchev–Trinajstić information content (AvgIpc) is 3.07. The van der Waals surface area contributed by atoms with Gasteiger partial charge in [0, 0.05) is 5.70 Å². The van der Waals surface area contributed by atoms with E-state index in [9.17, 15) is 4.39 Å². The standard InChI is InChI=1S/C23H18FN3/c1-15-6-2-3-7-18(15)22-14-20(16-10-12-17(24)13-11-16)26-23-25-19-8-4-5-9-21(19)27(22)23/h2-14,22H,1H3,(H,25,26)/t22-/m0/s1. The second-order valence-electron chi connectivity index (χ2n) is 6.81. The molecule has 0 spiro atoms. The Morgan fingerprint density at radius 1 is 0.926 bits per heavy atom. The van der Waals surface area contributed by atoms with Crippen LogP contribution < -0.4 is 5.32 Å². The van der Waals surface area contributed by atoms with Crippen LogP contribution in [0.3, 0.4) is 0 Å². The number of para-hydroxylation sites is 2. The van der Waals surface area contributed by atoms with Gasteiger partial charge in [-0.1, -0.05) is 36.4 Å². The van der Waals surface area contributed by atoms with E-state index >= 15 is 0 Å². The average molecular weight is 355 g/mol. The zero-order chi connectivity index (χ0) is 18.4. The largest absolute Gasteiger partial charge is 0.325 e. The molecule has 1 aromatic heterocycles. The fourth-order valence-corrected chi connectivity index (χ4v) is 3.75. The minimum absolute atomic E-state index is 0.00917. The maximum atomic E-state index is 13.4. The van der Waals surface area contributed by atoms with Gasteiger partial charge in [-0.25, -0.2) is 9.37 Å². The fourth-order valence-electron chi connectivity index (χ4n) is 3.75. The molecule has 0 saturated heterocycles. The van der Waals surface area contributed by atoms with E-state index in [0.717, 1.165) is 28.2 Å². The van der Waals surface area contributed by atoms with Gasteiger partial charge in [-0.3, -0.25) is 4.57 Å². The number of nitrogens with one attached hydrogen (secondary N) is 1. The highest BCUT2D eigenvalue weighted by atomic mass is 19.1. The summed E-state index contributed by atoms with van der Waals surface area (Å²) < 4.78 is 15.6. The maximum Gasteiger partial charge on any atom is 0.209 e. The van der Waals surface area contributed by atoms with Crippen molar-refractivity contribution in [3.8, 4) is 0 Å². The molecule has 1 atom stereocenters. The van der Waals surface area contributed by atoms with Crippen molar-refractivity contribution in [2.45, 2.75) is 13.0 Å². The van der Waals surface area contributed by atoms with E-state index in [4.69, 9.17) is 4.98 Å². The van der Waals surface area contributed by atoms with Crippen molar-refractivity contribution < 1.29 is 4.39 Å². The Balaban J connectivity index is 1.74. The molecule has 27 heavy (non-hydrogen) atoms. The highest BCUT2D eigenvalue weighted by Gasteiger charge is 2.26. The first-order chi connectivity index (χ1) is 13.2. The molecule has 1 N–H and O–H groups in total. The van der Waals surface area contributed by atoms with E-state index < -0.39 is 0 Å². The molecule has 4 aromatic rings. The van der Waals surface area contributed by atoms with Crippen LogP contribution in [0, 0.1) is 12.7 Å². The van der Waals surface area contributed by atoms with E-state index in [1.165, 1.54) is 23.3 Å². The van der Waals surface area contributed by atoms with E-state index in [0.29, 0.717) is 0 Å². The van der Waals surface area contributed by atoms with Crippen molar-refractivity contribution in [1.29, 1.82) is 0 Å². The smallest absolute Gasteiger partial charge is 0.209 e. The van der Waals surface area contributed by atoms with Crippen molar-refractivity contribution in [3.05, 3.63) is 101 Å². The number of halogens is 1. The van der Waals surface area contributed by atoms with Crippen molar-refractivity contribution in [2.75, 3.05) is 5.32 Å². The molecule has 0 radical (unpaired) electrons. The maximum absolute atomic E-state index is 13.4. The first kappa shape index (κ1) is 15.8. The van der Waals surface area contributed by atoms with Crippen molar-refractivity contribution >= 4 is 22.7 Å². The molecular weight excluding hydrogens is 337 g/mol. The second-order valence-corrected chi connectivity index (χ2v) is 6.81. The van der Waals surface area contributed by atoms with Crippen LogP contribution in [0.2, 0.25) is 0 Å². The summed E-state index contributed by atoms with van der Waals surface area (Å²) >= 11 is 0. The zero-order valence-corrected chi connectivity index (χ0v) is 14.9. The number of allylic oxidation sites excluding steroid dienone is 1. The van der Waals surface area contributed by atoms with E-state index in [1.807, 2.05) is 18.2 Å². The van der Waals surface area contributed by atoms with Crippen LogP contribution in [0.25, 0.3) is 16.7 Å². The van der Waals surface area contributed by atoms with Crippen LogP contribution in [0.1, 0.15) is 22.7 Å². The SMILES string of the molecule is Cc1ccccc1[C@@H]1C=C(c2ccc(F)cc2)Nc2nc3ccccc3n21. The molecule has 3 aromatic carbocycles. The quantitative estimate of drug-likeness (QED) is 0.512. The lowest BCUT2D eigenvalue weighted by molar-refractivity contribution is 0.627. The van der Waals surface area contributed by atoms with Gasteiger partial charge < -0.3 is 5.32 Å². The molecule has 0 saturated carbocycles. The molecule has 5 rings (SSSR count). The molecule has 132 valence electrons. The number of imidazole rings is 1. The van der Waals surface area contributed by atoms with Crippen LogP contribution in [-0.2, 0) is 0 Å². The number of aryl methyl sites for hydroxylation is 1. The number of anilines is 1. The normalized spacial score (nSPS) is 15.9. The van der Waals surface area contributed by atoms with Crippen molar-refractivity contribution in [3.63, 3.8) is 0 Å². The molecule has 1 aliphatic rings. The lowest BCUT2D eigenvalue weighted by Crippen LogP contribution is -2.19. The van der Waals surface area contributed by atoms with E-state index in [2.05, 4.69) is 53.2 Å². The molecular formula is C23H18FN3. The molecule has 1 aliphatic heterocycles. The first-order valence-corrected chi connectivity index (χ1v) is 8.98. The zero-order valence-electron chi connectivity index (χ0n) is 14.9. The third-order valence-corrected chi connectivity index (χ3v) is 5.11. The van der Waals surface area contributed by atoms with Gasteiger partial charge in [0.2, 0.25) is 5.95 Å². The second kappa shape index (κ2) is 6.09. The summed E-state index contributed by atoms with van der Waals surface area (Å²) in [4.78, 5) is 4.79. The van der Waals surface area contributed by atoms with Crippen LogP contribution in [0.4, 0.5) is 10.3 Å². The van der Waals surface area contributed by atoms with Gasteiger partial charge in [-0.2, -0.15) is 0 Å². The number of benzene rings is 3. The summed E-state index contributed by atoms with van der Waals surface area (Å²) in [5.74, 6) is 0.559. The predicted molar refractivity (Wildman–Crippen MR) is 107 cm³/mol. The third-order valence-electron chi connectivity index (χ3n) is 5.11. The lowest BCUT2D eigenvalue weighted by Gasteiger charge is -2.27. The summed E-state index contributed by atoms with van der Waals surface area (Å²) in [6, 6.07) is 23.1. The number of hydrogen-bond acceptors (Lipinski definition) is 2. The molecule has 0 bridgehead atoms. The van der Waals surface area contributed by atoms with Gasteiger partial charge in [0.15, 0.2) is 0 Å². The summed E-state index contributed by atoms with van der Waals surface area (Å²) in [6.45, 7) is 2.13. The Labute approximate surface area is 156 Å². The first-order valence-electron chi connectivity index (χ1n) is 8.98. The van der Waals surface area contributed by atoms with Crippen LogP contribution in [0.15, 0.2) is 78.9 Å². The number of rotatable bonds is 2. The van der Waals surface area contributed by atoms with Crippen molar-refractivity contribution in [1.82, 2.24) is 9.55 Å². The highest BCUT2D eigenvalue weighted by Crippen LogP contribution is 2.37. The van der Waals surface area contributed by atoms with Crippen LogP contribution in [-0.4, -0.2) is 9.55 Å². The Kier molecular flexibility index (Phi) is 3.57.